The summed E-state index contributed by atoms with van der Waals surface area (Å²) in [6.45, 7) is 2.95. The molecule has 0 aliphatic carbocycles. The molecule has 2 saturated heterocycles. The number of likely N-dealkylation sites (tertiary alicyclic amines) is 1. The second-order valence-corrected chi connectivity index (χ2v) is 4.86. The normalized spacial score (nSPS) is 27.2. The van der Waals surface area contributed by atoms with Crippen LogP contribution in [0.1, 0.15) is 25.7 Å². The van der Waals surface area contributed by atoms with Crippen molar-refractivity contribution in [2.75, 3.05) is 26.2 Å². The van der Waals surface area contributed by atoms with Crippen molar-refractivity contribution in [3.8, 4) is 0 Å². The number of rotatable bonds is 1. The van der Waals surface area contributed by atoms with E-state index in [1.165, 1.54) is 0 Å². The lowest BCUT2D eigenvalue weighted by atomic mass is 9.94. The largest absolute Gasteiger partial charge is 0.393 e. The predicted molar refractivity (Wildman–Crippen MR) is 70.7 cm³/mol. The molecule has 0 bridgehead atoms. The summed E-state index contributed by atoms with van der Waals surface area (Å²) in [5, 5.41) is 3.25. The van der Waals surface area contributed by atoms with E-state index in [0.29, 0.717) is 18.9 Å². The molecule has 2 fully saturated rings. The summed E-state index contributed by atoms with van der Waals surface area (Å²) in [7, 11) is 0. The Morgan fingerprint density at radius 2 is 1.61 bits per heavy atom. The molecule has 0 amide bonds. The molecule has 7 heteroatoms. The monoisotopic (exact) mass is 308 g/mol. The summed E-state index contributed by atoms with van der Waals surface area (Å²) in [6, 6.07) is 0.367. The van der Waals surface area contributed by atoms with Crippen LogP contribution in [0.25, 0.3) is 0 Å². The van der Waals surface area contributed by atoms with E-state index < -0.39 is 12.1 Å². The molecule has 1 unspecified atom stereocenters. The van der Waals surface area contributed by atoms with Crippen LogP contribution < -0.4 is 5.32 Å². The molecule has 1 atom stereocenters. The van der Waals surface area contributed by atoms with Gasteiger partial charge in [0.15, 0.2) is 0 Å². The first-order valence-electron chi connectivity index (χ1n) is 6.09. The average molecular weight is 309 g/mol. The van der Waals surface area contributed by atoms with E-state index in [9.17, 15) is 13.2 Å². The molecule has 18 heavy (non-hydrogen) atoms. The summed E-state index contributed by atoms with van der Waals surface area (Å²) in [6.07, 6.45) is -1.03. The van der Waals surface area contributed by atoms with Crippen molar-refractivity contribution >= 4 is 24.8 Å². The summed E-state index contributed by atoms with van der Waals surface area (Å²) in [4.78, 5) is 2.06. The van der Waals surface area contributed by atoms with E-state index in [-0.39, 0.29) is 31.4 Å². The quantitative estimate of drug-likeness (QED) is 0.801. The summed E-state index contributed by atoms with van der Waals surface area (Å²) < 4.78 is 37.9. The smallest absolute Gasteiger partial charge is 0.317 e. The Morgan fingerprint density at radius 3 is 2.17 bits per heavy atom. The topological polar surface area (TPSA) is 15.3 Å². The van der Waals surface area contributed by atoms with Crippen molar-refractivity contribution < 1.29 is 13.2 Å². The minimum absolute atomic E-state index is 0. The third kappa shape index (κ3) is 4.76. The molecule has 0 spiro atoms. The van der Waals surface area contributed by atoms with Crippen LogP contribution >= 0.6 is 24.8 Å². The zero-order valence-electron chi connectivity index (χ0n) is 10.2. The van der Waals surface area contributed by atoms with Crippen LogP contribution in [-0.2, 0) is 0 Å². The Bertz CT molecular complexity index is 233. The van der Waals surface area contributed by atoms with Crippen LogP contribution in [0.4, 0.5) is 13.2 Å². The van der Waals surface area contributed by atoms with Gasteiger partial charge in [0, 0.05) is 12.6 Å². The summed E-state index contributed by atoms with van der Waals surface area (Å²) in [5.74, 6) is -1.10. The van der Waals surface area contributed by atoms with Gasteiger partial charge in [0.05, 0.1) is 5.92 Å². The van der Waals surface area contributed by atoms with Crippen molar-refractivity contribution in [2.24, 2.45) is 5.92 Å². The van der Waals surface area contributed by atoms with Crippen molar-refractivity contribution in [3.05, 3.63) is 0 Å². The van der Waals surface area contributed by atoms with E-state index in [2.05, 4.69) is 10.2 Å². The zero-order chi connectivity index (χ0) is 11.6. The Morgan fingerprint density at radius 1 is 1.00 bits per heavy atom. The highest BCUT2D eigenvalue weighted by Gasteiger charge is 2.42. The maximum absolute atomic E-state index is 12.6. The maximum Gasteiger partial charge on any atom is 0.393 e. The van der Waals surface area contributed by atoms with Gasteiger partial charge in [-0.25, -0.2) is 0 Å². The number of nitrogens with one attached hydrogen (secondary N) is 1. The van der Waals surface area contributed by atoms with Gasteiger partial charge in [-0.15, -0.1) is 24.8 Å². The van der Waals surface area contributed by atoms with Gasteiger partial charge in [-0.05, 0) is 45.3 Å². The Hall–Kier alpha value is 0.290. The second-order valence-electron chi connectivity index (χ2n) is 4.86. The average Bonchev–Trinajstić information content (AvgIpc) is 2.29. The van der Waals surface area contributed by atoms with Gasteiger partial charge < -0.3 is 5.32 Å². The molecule has 0 saturated carbocycles. The van der Waals surface area contributed by atoms with Crippen LogP contribution in [0, 0.1) is 5.92 Å². The fourth-order valence-electron chi connectivity index (χ4n) is 2.78. The molecule has 110 valence electrons. The third-order valence-electron chi connectivity index (χ3n) is 3.74. The standard InChI is InChI=1S/C11H19F3N2.2ClH/c12-11(13,14)9-2-1-7-16(8-9)10-3-5-15-6-4-10;;/h9-10,15H,1-8H2;2*1H. The van der Waals surface area contributed by atoms with Gasteiger partial charge in [0.25, 0.3) is 0 Å². The summed E-state index contributed by atoms with van der Waals surface area (Å²) >= 11 is 0. The number of alkyl halides is 3. The molecule has 0 aromatic rings. The minimum atomic E-state index is -4.01. The highest BCUT2D eigenvalue weighted by molar-refractivity contribution is 5.85. The van der Waals surface area contributed by atoms with Crippen LogP contribution in [0.5, 0.6) is 0 Å². The first-order valence-corrected chi connectivity index (χ1v) is 6.09. The molecular weight excluding hydrogens is 288 g/mol. The van der Waals surface area contributed by atoms with Gasteiger partial charge in [-0.1, -0.05) is 0 Å². The van der Waals surface area contributed by atoms with Crippen LogP contribution in [0.15, 0.2) is 0 Å². The van der Waals surface area contributed by atoms with Gasteiger partial charge in [0.2, 0.25) is 0 Å². The van der Waals surface area contributed by atoms with Crippen molar-refractivity contribution in [1.82, 2.24) is 10.2 Å². The van der Waals surface area contributed by atoms with Gasteiger partial charge in [-0.2, -0.15) is 13.2 Å². The third-order valence-corrected chi connectivity index (χ3v) is 3.74. The van der Waals surface area contributed by atoms with Gasteiger partial charge >= 0.3 is 6.18 Å². The van der Waals surface area contributed by atoms with Crippen LogP contribution in [-0.4, -0.2) is 43.3 Å². The number of hydrogen-bond donors (Lipinski definition) is 1. The van der Waals surface area contributed by atoms with Gasteiger partial charge in [-0.3, -0.25) is 4.90 Å². The second kappa shape index (κ2) is 7.78. The molecular formula is C11H21Cl2F3N2. The Labute approximate surface area is 118 Å². The molecule has 0 radical (unpaired) electrons. The number of nitrogens with zero attached hydrogens (tertiary/aromatic N) is 1. The van der Waals surface area contributed by atoms with Crippen LogP contribution in [0.3, 0.4) is 0 Å². The van der Waals surface area contributed by atoms with E-state index in [1.54, 1.807) is 0 Å². The lowest BCUT2D eigenvalue weighted by molar-refractivity contribution is -0.188. The van der Waals surface area contributed by atoms with Gasteiger partial charge in [0.1, 0.15) is 0 Å². The highest BCUT2D eigenvalue weighted by atomic mass is 35.5. The molecule has 1 N–H and O–H groups in total. The summed E-state index contributed by atoms with van der Waals surface area (Å²) in [5.41, 5.74) is 0. The first kappa shape index (κ1) is 18.3. The molecule has 0 aromatic heterocycles. The molecule has 2 rings (SSSR count). The zero-order valence-corrected chi connectivity index (χ0v) is 11.8. The van der Waals surface area contributed by atoms with Crippen molar-refractivity contribution in [2.45, 2.75) is 37.9 Å². The minimum Gasteiger partial charge on any atom is -0.317 e. The van der Waals surface area contributed by atoms with E-state index in [1.807, 2.05) is 0 Å². The highest BCUT2D eigenvalue weighted by Crippen LogP contribution is 2.34. The molecule has 2 heterocycles. The fourth-order valence-corrected chi connectivity index (χ4v) is 2.78. The van der Waals surface area contributed by atoms with E-state index >= 15 is 0 Å². The lowest BCUT2D eigenvalue weighted by Gasteiger charge is -2.40. The first-order chi connectivity index (χ1) is 7.57. The predicted octanol–water partition coefficient (Wildman–Crippen LogP) is 2.86. The molecule has 2 nitrogen and oxygen atoms in total. The molecule has 0 aromatic carbocycles. The number of piperidine rings is 2. The number of halogens is 5. The Balaban J connectivity index is 0.00000144. The van der Waals surface area contributed by atoms with Crippen molar-refractivity contribution in [1.29, 1.82) is 0 Å². The fraction of sp³-hybridized carbons (Fsp3) is 1.00. The number of hydrogen-bond acceptors (Lipinski definition) is 2. The van der Waals surface area contributed by atoms with Crippen molar-refractivity contribution in [3.63, 3.8) is 0 Å². The van der Waals surface area contributed by atoms with E-state index in [0.717, 1.165) is 32.5 Å². The molecule has 2 aliphatic heterocycles. The Kier molecular flexibility index (Phi) is 7.90. The van der Waals surface area contributed by atoms with Crippen LogP contribution in [0.2, 0.25) is 0 Å². The maximum atomic E-state index is 12.6. The SMILES string of the molecule is Cl.Cl.FC(F)(F)C1CCCN(C2CCNCC2)C1. The lowest BCUT2D eigenvalue weighted by Crippen LogP contribution is -2.49. The van der Waals surface area contributed by atoms with E-state index in [4.69, 9.17) is 0 Å². The molecule has 2 aliphatic rings.